The van der Waals surface area contributed by atoms with Gasteiger partial charge in [-0.1, -0.05) is 0 Å². The van der Waals surface area contributed by atoms with Crippen LogP contribution in [0.2, 0.25) is 0 Å². The van der Waals surface area contributed by atoms with E-state index in [1.54, 1.807) is 6.07 Å². The van der Waals surface area contributed by atoms with Crippen LogP contribution >= 0.6 is 43.2 Å². The summed E-state index contributed by atoms with van der Waals surface area (Å²) in [6, 6.07) is 1.41. The number of thiophene rings is 1. The van der Waals surface area contributed by atoms with Crippen molar-refractivity contribution in [3.63, 3.8) is 0 Å². The lowest BCUT2D eigenvalue weighted by atomic mass is 10.2. The van der Waals surface area contributed by atoms with E-state index in [1.165, 1.54) is 15.6 Å². The van der Waals surface area contributed by atoms with E-state index in [-0.39, 0.29) is 17.0 Å². The molecule has 9 heteroatoms. The molecule has 2 N–H and O–H groups in total. The highest BCUT2D eigenvalue weighted by Crippen LogP contribution is 2.36. The molecule has 1 saturated heterocycles. The Morgan fingerprint density at radius 2 is 2.26 bits per heavy atom. The van der Waals surface area contributed by atoms with E-state index < -0.39 is 10.0 Å². The summed E-state index contributed by atoms with van der Waals surface area (Å²) in [7, 11) is -3.51. The zero-order valence-corrected chi connectivity index (χ0v) is 15.0. The number of hydrogen-bond donors (Lipinski definition) is 1. The fraction of sp³-hybridized carbons (Fsp3) is 0.600. The number of morpholine rings is 1. The molecular weight excluding hydrogens is 420 g/mol. The third-order valence-electron chi connectivity index (χ3n) is 2.89. The second kappa shape index (κ2) is 6.08. The molecule has 2 unspecified atom stereocenters. The summed E-state index contributed by atoms with van der Waals surface area (Å²) < 4.78 is 33.4. The van der Waals surface area contributed by atoms with Gasteiger partial charge in [0.25, 0.3) is 0 Å². The number of rotatable bonds is 3. The minimum absolute atomic E-state index is 0.198. The van der Waals surface area contributed by atoms with Crippen molar-refractivity contribution in [2.24, 2.45) is 5.73 Å². The Bertz CT molecular complexity index is 559. The first kappa shape index (κ1) is 15.9. The van der Waals surface area contributed by atoms with Crippen LogP contribution in [0.1, 0.15) is 6.92 Å². The Hall–Kier alpha value is 0.490. The largest absolute Gasteiger partial charge is 0.374 e. The minimum atomic E-state index is -3.51. The molecule has 5 nitrogen and oxygen atoms in total. The van der Waals surface area contributed by atoms with Crippen LogP contribution in [0, 0.1) is 0 Å². The third-order valence-corrected chi connectivity index (χ3v) is 7.51. The first-order valence-corrected chi connectivity index (χ1v) is 9.49. The van der Waals surface area contributed by atoms with Crippen LogP contribution in [-0.4, -0.2) is 44.6 Å². The first-order valence-electron chi connectivity index (χ1n) is 5.64. The van der Waals surface area contributed by atoms with E-state index in [0.29, 0.717) is 23.5 Å². The molecule has 1 fully saturated rings. The van der Waals surface area contributed by atoms with Gasteiger partial charge in [-0.3, -0.25) is 0 Å². The van der Waals surface area contributed by atoms with Crippen LogP contribution in [-0.2, 0) is 14.8 Å². The second-order valence-electron chi connectivity index (χ2n) is 4.32. The zero-order chi connectivity index (χ0) is 14.2. The lowest BCUT2D eigenvalue weighted by Crippen LogP contribution is -2.51. The normalized spacial score (nSPS) is 23.5. The fourth-order valence-corrected chi connectivity index (χ4v) is 7.02. The van der Waals surface area contributed by atoms with Crippen LogP contribution in [0.4, 0.5) is 0 Å². The van der Waals surface area contributed by atoms with Crippen LogP contribution in [0.5, 0.6) is 0 Å². The number of nitrogens with two attached hydrogens (primary N) is 1. The van der Waals surface area contributed by atoms with Gasteiger partial charge in [0.1, 0.15) is 4.90 Å². The molecule has 1 aromatic heterocycles. The first-order chi connectivity index (χ1) is 8.82. The fourth-order valence-electron chi connectivity index (χ4n) is 1.83. The average Bonchev–Trinajstić information content (AvgIpc) is 2.69. The summed E-state index contributed by atoms with van der Waals surface area (Å²) >= 11 is 7.92. The highest BCUT2D eigenvalue weighted by Gasteiger charge is 2.34. The molecule has 19 heavy (non-hydrogen) atoms. The quantitative estimate of drug-likeness (QED) is 0.791. The van der Waals surface area contributed by atoms with Crippen molar-refractivity contribution in [2.45, 2.75) is 24.0 Å². The van der Waals surface area contributed by atoms with E-state index in [4.69, 9.17) is 10.5 Å². The average molecular weight is 434 g/mol. The van der Waals surface area contributed by atoms with Gasteiger partial charge >= 0.3 is 0 Å². The number of hydrogen-bond acceptors (Lipinski definition) is 5. The summed E-state index contributed by atoms with van der Waals surface area (Å²) in [4.78, 5) is 0.287. The van der Waals surface area contributed by atoms with Gasteiger partial charge in [-0.2, -0.15) is 4.31 Å². The molecule has 1 aliphatic rings. The molecular formula is C10H14Br2N2O3S2. The van der Waals surface area contributed by atoms with Crippen molar-refractivity contribution >= 4 is 53.2 Å². The Morgan fingerprint density at radius 1 is 1.58 bits per heavy atom. The molecule has 0 aliphatic carbocycles. The minimum Gasteiger partial charge on any atom is -0.374 e. The molecule has 0 amide bonds. The highest BCUT2D eigenvalue weighted by molar-refractivity contribution is 9.12. The van der Waals surface area contributed by atoms with Crippen LogP contribution < -0.4 is 5.73 Å². The Labute approximate surface area is 133 Å². The molecule has 1 aromatic rings. The molecule has 2 rings (SSSR count). The Kier molecular flexibility index (Phi) is 5.08. The molecule has 2 atom stereocenters. The van der Waals surface area contributed by atoms with E-state index in [1.807, 2.05) is 6.92 Å². The smallest absolute Gasteiger partial charge is 0.245 e. The lowest BCUT2D eigenvalue weighted by molar-refractivity contribution is -0.0120. The molecule has 0 saturated carbocycles. The SMILES string of the molecule is CC(N)C1CN(S(=O)(=O)c2cc(Br)sc2Br)CCO1. The van der Waals surface area contributed by atoms with Gasteiger partial charge in [0.15, 0.2) is 0 Å². The van der Waals surface area contributed by atoms with Crippen LogP contribution in [0.25, 0.3) is 0 Å². The van der Waals surface area contributed by atoms with Gasteiger partial charge in [-0.25, -0.2) is 8.42 Å². The third kappa shape index (κ3) is 3.39. The van der Waals surface area contributed by atoms with E-state index in [9.17, 15) is 8.42 Å². The van der Waals surface area contributed by atoms with E-state index >= 15 is 0 Å². The van der Waals surface area contributed by atoms with Crippen molar-refractivity contribution in [3.05, 3.63) is 13.6 Å². The maximum atomic E-state index is 12.6. The maximum absolute atomic E-state index is 12.6. The van der Waals surface area contributed by atoms with Crippen molar-refractivity contribution in [2.75, 3.05) is 19.7 Å². The van der Waals surface area contributed by atoms with Gasteiger partial charge in [0.2, 0.25) is 10.0 Å². The van der Waals surface area contributed by atoms with Gasteiger partial charge in [0.05, 0.1) is 20.3 Å². The molecule has 1 aliphatic heterocycles. The van der Waals surface area contributed by atoms with Gasteiger partial charge in [0, 0.05) is 19.1 Å². The standard InChI is InChI=1S/C10H14Br2N2O3S2/c1-6(13)7-5-14(2-3-17-7)19(15,16)8-4-9(11)18-10(8)12/h4,6-7H,2-3,5,13H2,1H3. The van der Waals surface area contributed by atoms with E-state index in [0.717, 1.165) is 3.79 Å². The molecule has 0 aromatic carbocycles. The predicted octanol–water partition coefficient (Wildman–Crippen LogP) is 2.01. The summed E-state index contributed by atoms with van der Waals surface area (Å²) in [6.07, 6.45) is -0.260. The van der Waals surface area contributed by atoms with Crippen molar-refractivity contribution in [1.29, 1.82) is 0 Å². The number of sulfonamides is 1. The summed E-state index contributed by atoms with van der Waals surface area (Å²) in [5.41, 5.74) is 5.78. The van der Waals surface area contributed by atoms with Gasteiger partial charge in [-0.05, 0) is 44.8 Å². The lowest BCUT2D eigenvalue weighted by Gasteiger charge is -2.33. The zero-order valence-electron chi connectivity index (χ0n) is 10.2. The Morgan fingerprint density at radius 3 is 2.79 bits per heavy atom. The summed E-state index contributed by atoms with van der Waals surface area (Å²) in [6.45, 7) is 2.83. The molecule has 108 valence electrons. The van der Waals surface area contributed by atoms with Crippen molar-refractivity contribution in [3.8, 4) is 0 Å². The van der Waals surface area contributed by atoms with Crippen LogP contribution in [0.15, 0.2) is 18.5 Å². The van der Waals surface area contributed by atoms with Crippen molar-refractivity contribution in [1.82, 2.24) is 4.31 Å². The maximum Gasteiger partial charge on any atom is 0.245 e. The molecule has 0 spiro atoms. The van der Waals surface area contributed by atoms with Gasteiger partial charge in [-0.15, -0.1) is 11.3 Å². The Balaban J connectivity index is 2.27. The second-order valence-corrected chi connectivity index (χ2v) is 9.98. The molecule has 0 bridgehead atoms. The van der Waals surface area contributed by atoms with Crippen LogP contribution in [0.3, 0.4) is 0 Å². The summed E-state index contributed by atoms with van der Waals surface area (Å²) in [5, 5.41) is 0. The molecule has 2 heterocycles. The molecule has 0 radical (unpaired) electrons. The summed E-state index contributed by atoms with van der Waals surface area (Å²) in [5.74, 6) is 0. The number of halogens is 2. The highest BCUT2D eigenvalue weighted by atomic mass is 79.9. The number of nitrogens with zero attached hydrogens (tertiary/aromatic N) is 1. The monoisotopic (exact) mass is 432 g/mol. The van der Waals surface area contributed by atoms with Crippen molar-refractivity contribution < 1.29 is 13.2 Å². The van der Waals surface area contributed by atoms with E-state index in [2.05, 4.69) is 31.9 Å². The number of ether oxygens (including phenoxy) is 1. The topological polar surface area (TPSA) is 72.6 Å². The van der Waals surface area contributed by atoms with Gasteiger partial charge < -0.3 is 10.5 Å². The predicted molar refractivity (Wildman–Crippen MR) is 81.9 cm³/mol.